The van der Waals surface area contributed by atoms with Crippen LogP contribution in [-0.2, 0) is 13.1 Å². The van der Waals surface area contributed by atoms with Crippen molar-refractivity contribution in [2.75, 3.05) is 18.0 Å². The lowest BCUT2D eigenvalue weighted by molar-refractivity contribution is 0.444. The fourth-order valence-corrected chi connectivity index (χ4v) is 2.35. The number of furan rings is 1. The Morgan fingerprint density at radius 2 is 2.00 bits per heavy atom. The first-order valence-electron chi connectivity index (χ1n) is 7.44. The third kappa shape index (κ3) is 3.85. The number of hydrogen-bond acceptors (Lipinski definition) is 3. The number of benzene rings is 1. The number of para-hydroxylation sites is 1. The lowest BCUT2D eigenvalue weighted by Gasteiger charge is -2.22. The van der Waals surface area contributed by atoms with E-state index in [1.165, 1.54) is 6.07 Å². The van der Waals surface area contributed by atoms with E-state index in [-0.39, 0.29) is 5.82 Å². The predicted octanol–water partition coefficient (Wildman–Crippen LogP) is 3.86. The maximum atomic E-state index is 13.9. The first-order chi connectivity index (χ1) is 10.2. The Labute approximate surface area is 125 Å². The standard InChI is InChI=1S/C17H23FN2O/c1-4-19-11-17-13(3)10-14(21-17)12-20(5-2)16-9-7-6-8-15(16)18/h6-10,19H,4-5,11-12H2,1-3H3. The highest BCUT2D eigenvalue weighted by Gasteiger charge is 2.13. The van der Waals surface area contributed by atoms with Crippen LogP contribution in [0.4, 0.5) is 10.1 Å². The van der Waals surface area contributed by atoms with Crippen molar-refractivity contribution in [3.8, 4) is 0 Å². The molecule has 0 spiro atoms. The topological polar surface area (TPSA) is 28.4 Å². The first kappa shape index (κ1) is 15.6. The molecule has 0 amide bonds. The van der Waals surface area contributed by atoms with Gasteiger partial charge in [0, 0.05) is 6.54 Å². The van der Waals surface area contributed by atoms with Crippen molar-refractivity contribution in [2.24, 2.45) is 0 Å². The van der Waals surface area contributed by atoms with Crippen molar-refractivity contribution >= 4 is 5.69 Å². The van der Waals surface area contributed by atoms with E-state index in [0.29, 0.717) is 12.2 Å². The Morgan fingerprint density at radius 1 is 1.24 bits per heavy atom. The summed E-state index contributed by atoms with van der Waals surface area (Å²) in [5, 5.41) is 3.26. The summed E-state index contributed by atoms with van der Waals surface area (Å²) in [5.41, 5.74) is 1.75. The first-order valence-corrected chi connectivity index (χ1v) is 7.44. The Hall–Kier alpha value is -1.81. The van der Waals surface area contributed by atoms with Gasteiger partial charge in [-0.25, -0.2) is 4.39 Å². The van der Waals surface area contributed by atoms with Gasteiger partial charge in [-0.15, -0.1) is 0 Å². The monoisotopic (exact) mass is 290 g/mol. The number of nitrogens with one attached hydrogen (secondary N) is 1. The van der Waals surface area contributed by atoms with Gasteiger partial charge in [-0.1, -0.05) is 19.1 Å². The summed E-state index contributed by atoms with van der Waals surface area (Å²) in [6.45, 7) is 9.06. The quantitative estimate of drug-likeness (QED) is 0.839. The molecule has 0 aliphatic carbocycles. The van der Waals surface area contributed by atoms with Gasteiger partial charge < -0.3 is 14.6 Å². The smallest absolute Gasteiger partial charge is 0.146 e. The molecule has 1 aromatic carbocycles. The van der Waals surface area contributed by atoms with E-state index in [1.807, 2.05) is 30.9 Å². The van der Waals surface area contributed by atoms with Gasteiger partial charge in [0.15, 0.2) is 0 Å². The van der Waals surface area contributed by atoms with E-state index >= 15 is 0 Å². The summed E-state index contributed by atoms with van der Waals surface area (Å²) in [6.07, 6.45) is 0. The molecule has 2 aromatic rings. The summed E-state index contributed by atoms with van der Waals surface area (Å²) in [7, 11) is 0. The minimum atomic E-state index is -0.199. The molecule has 0 saturated heterocycles. The molecule has 0 aliphatic rings. The van der Waals surface area contributed by atoms with E-state index in [1.54, 1.807) is 12.1 Å². The summed E-state index contributed by atoms with van der Waals surface area (Å²) in [6, 6.07) is 8.88. The summed E-state index contributed by atoms with van der Waals surface area (Å²) in [5.74, 6) is 1.62. The average Bonchev–Trinajstić information content (AvgIpc) is 2.83. The lowest BCUT2D eigenvalue weighted by atomic mass is 10.2. The van der Waals surface area contributed by atoms with Crippen LogP contribution in [0.1, 0.15) is 30.9 Å². The Bertz CT molecular complexity index is 580. The third-order valence-corrected chi connectivity index (χ3v) is 3.53. The highest BCUT2D eigenvalue weighted by Crippen LogP contribution is 2.23. The number of aryl methyl sites for hydroxylation is 1. The van der Waals surface area contributed by atoms with Crippen LogP contribution in [0.3, 0.4) is 0 Å². The van der Waals surface area contributed by atoms with Gasteiger partial charge in [0.05, 0.1) is 18.8 Å². The normalized spacial score (nSPS) is 10.9. The van der Waals surface area contributed by atoms with Gasteiger partial charge in [0.2, 0.25) is 0 Å². The molecule has 1 heterocycles. The van der Waals surface area contributed by atoms with Gasteiger partial charge in [-0.05, 0) is 44.2 Å². The molecule has 1 N–H and O–H groups in total. The van der Waals surface area contributed by atoms with Crippen molar-refractivity contribution in [3.63, 3.8) is 0 Å². The Morgan fingerprint density at radius 3 is 2.67 bits per heavy atom. The second-order valence-corrected chi connectivity index (χ2v) is 5.06. The zero-order valence-electron chi connectivity index (χ0n) is 12.9. The minimum absolute atomic E-state index is 0.199. The molecule has 0 fully saturated rings. The van der Waals surface area contributed by atoms with Gasteiger partial charge >= 0.3 is 0 Å². The van der Waals surface area contributed by atoms with E-state index in [9.17, 15) is 4.39 Å². The van der Waals surface area contributed by atoms with Crippen molar-refractivity contribution in [3.05, 3.63) is 53.2 Å². The van der Waals surface area contributed by atoms with Crippen LogP contribution in [0.2, 0.25) is 0 Å². The maximum Gasteiger partial charge on any atom is 0.146 e. The molecule has 0 radical (unpaired) electrons. The van der Waals surface area contributed by atoms with Crippen LogP contribution in [0.25, 0.3) is 0 Å². The maximum absolute atomic E-state index is 13.9. The van der Waals surface area contributed by atoms with Gasteiger partial charge in [0.25, 0.3) is 0 Å². The average molecular weight is 290 g/mol. The summed E-state index contributed by atoms with van der Waals surface area (Å²) >= 11 is 0. The van der Waals surface area contributed by atoms with E-state index in [2.05, 4.69) is 12.2 Å². The number of anilines is 1. The predicted molar refractivity (Wildman–Crippen MR) is 83.9 cm³/mol. The van der Waals surface area contributed by atoms with Crippen LogP contribution in [0.15, 0.2) is 34.7 Å². The van der Waals surface area contributed by atoms with Gasteiger partial charge in [-0.3, -0.25) is 0 Å². The molecule has 0 atom stereocenters. The second-order valence-electron chi connectivity index (χ2n) is 5.06. The number of halogens is 1. The molecule has 1 aromatic heterocycles. The van der Waals surface area contributed by atoms with Crippen LogP contribution >= 0.6 is 0 Å². The number of nitrogens with zero attached hydrogens (tertiary/aromatic N) is 1. The molecule has 0 unspecified atom stereocenters. The summed E-state index contributed by atoms with van der Waals surface area (Å²) < 4.78 is 19.8. The molecule has 0 saturated carbocycles. The zero-order valence-corrected chi connectivity index (χ0v) is 12.9. The fraction of sp³-hybridized carbons (Fsp3) is 0.412. The molecule has 4 heteroatoms. The Balaban J connectivity index is 2.14. The number of hydrogen-bond donors (Lipinski definition) is 1. The van der Waals surface area contributed by atoms with Crippen LogP contribution < -0.4 is 10.2 Å². The molecule has 2 rings (SSSR count). The zero-order chi connectivity index (χ0) is 15.2. The molecule has 21 heavy (non-hydrogen) atoms. The molecular formula is C17H23FN2O. The van der Waals surface area contributed by atoms with Gasteiger partial charge in [0.1, 0.15) is 17.3 Å². The van der Waals surface area contributed by atoms with E-state index in [4.69, 9.17) is 4.42 Å². The minimum Gasteiger partial charge on any atom is -0.463 e. The lowest BCUT2D eigenvalue weighted by Crippen LogP contribution is -2.22. The highest BCUT2D eigenvalue weighted by molar-refractivity contribution is 5.47. The van der Waals surface area contributed by atoms with E-state index < -0.39 is 0 Å². The molecule has 0 aliphatic heterocycles. The van der Waals surface area contributed by atoms with Crippen molar-refractivity contribution in [1.82, 2.24) is 5.32 Å². The summed E-state index contributed by atoms with van der Waals surface area (Å²) in [4.78, 5) is 1.98. The van der Waals surface area contributed by atoms with E-state index in [0.717, 1.165) is 36.7 Å². The van der Waals surface area contributed by atoms with Gasteiger partial charge in [-0.2, -0.15) is 0 Å². The molecule has 3 nitrogen and oxygen atoms in total. The fourth-order valence-electron chi connectivity index (χ4n) is 2.35. The van der Waals surface area contributed by atoms with Crippen LogP contribution in [-0.4, -0.2) is 13.1 Å². The highest BCUT2D eigenvalue weighted by atomic mass is 19.1. The van der Waals surface area contributed by atoms with Crippen molar-refractivity contribution in [2.45, 2.75) is 33.9 Å². The molecule has 114 valence electrons. The van der Waals surface area contributed by atoms with Crippen molar-refractivity contribution in [1.29, 1.82) is 0 Å². The van der Waals surface area contributed by atoms with Crippen LogP contribution in [0.5, 0.6) is 0 Å². The molecular weight excluding hydrogens is 267 g/mol. The van der Waals surface area contributed by atoms with Crippen molar-refractivity contribution < 1.29 is 8.81 Å². The Kier molecular flexibility index (Phi) is 5.39. The third-order valence-electron chi connectivity index (χ3n) is 3.53. The number of rotatable bonds is 7. The SMILES string of the molecule is CCNCc1oc(CN(CC)c2ccccc2F)cc1C. The molecule has 0 bridgehead atoms. The second kappa shape index (κ2) is 7.27. The largest absolute Gasteiger partial charge is 0.463 e. The van der Waals surface area contributed by atoms with Crippen LogP contribution in [0, 0.1) is 12.7 Å².